The van der Waals surface area contributed by atoms with E-state index in [4.69, 9.17) is 14.2 Å². The molecule has 136 valence electrons. The van der Waals surface area contributed by atoms with Gasteiger partial charge in [-0.25, -0.2) is 9.59 Å². The number of hydrogen-bond donors (Lipinski definition) is 1. The lowest BCUT2D eigenvalue weighted by atomic mass is 10.1. The minimum atomic E-state index is -0.673. The predicted molar refractivity (Wildman–Crippen MR) is 91.7 cm³/mol. The van der Waals surface area contributed by atoms with Crippen molar-refractivity contribution in [2.75, 3.05) is 20.3 Å². The summed E-state index contributed by atoms with van der Waals surface area (Å²) in [7, 11) is 1.53. The number of carbonyl (C=O) groups is 3. The van der Waals surface area contributed by atoms with Gasteiger partial charge in [0.05, 0.1) is 13.7 Å². The molecule has 0 aliphatic heterocycles. The molecule has 0 aromatic heterocycles. The number of carbonyl (C=O) groups excluding carboxylic acids is 3. The van der Waals surface area contributed by atoms with Crippen molar-refractivity contribution >= 4 is 17.8 Å². The van der Waals surface area contributed by atoms with Crippen LogP contribution < -0.4 is 10.1 Å². The second-order valence-corrected chi connectivity index (χ2v) is 6.02. The Hall–Kier alpha value is -2.83. The maximum absolute atomic E-state index is 11.9. The lowest BCUT2D eigenvalue weighted by Crippen LogP contribution is -2.34. The van der Waals surface area contributed by atoms with E-state index < -0.39 is 17.7 Å². The zero-order chi connectivity index (χ0) is 18.9. The molecule has 1 amide bonds. The molecule has 1 N–H and O–H groups in total. The van der Waals surface area contributed by atoms with Crippen molar-refractivity contribution < 1.29 is 28.6 Å². The number of benzene rings is 1. The highest BCUT2D eigenvalue weighted by Gasteiger charge is 2.15. The van der Waals surface area contributed by atoms with Gasteiger partial charge < -0.3 is 19.5 Å². The molecule has 0 aliphatic carbocycles. The van der Waals surface area contributed by atoms with Crippen LogP contribution in [0.15, 0.2) is 36.4 Å². The van der Waals surface area contributed by atoms with Gasteiger partial charge in [-0.05, 0) is 51.1 Å². The first-order valence-electron chi connectivity index (χ1n) is 7.71. The summed E-state index contributed by atoms with van der Waals surface area (Å²) >= 11 is 0. The Kier molecular flexibility index (Phi) is 7.65. The number of methoxy groups -OCH3 is 1. The summed E-state index contributed by atoms with van der Waals surface area (Å²) in [5, 5.41) is 2.45. The van der Waals surface area contributed by atoms with E-state index in [1.807, 2.05) is 0 Å². The highest BCUT2D eigenvalue weighted by molar-refractivity contribution is 6.07. The number of ether oxygens (including phenoxy) is 3. The number of allylic oxidation sites excluding steroid dienone is 1. The summed E-state index contributed by atoms with van der Waals surface area (Å²) in [5.74, 6) is -0.364. The second-order valence-electron chi connectivity index (χ2n) is 6.02. The van der Waals surface area contributed by atoms with Crippen LogP contribution in [0.4, 0.5) is 4.79 Å². The molecular weight excluding hydrogens is 326 g/mol. The molecule has 0 unspecified atom stereocenters. The molecule has 7 heteroatoms. The summed E-state index contributed by atoms with van der Waals surface area (Å²) in [6.45, 7) is 5.33. The summed E-state index contributed by atoms with van der Waals surface area (Å²) < 4.78 is 14.9. The normalized spacial score (nSPS) is 11.0. The maximum Gasteiger partial charge on any atom is 0.407 e. The van der Waals surface area contributed by atoms with Gasteiger partial charge in [-0.15, -0.1) is 0 Å². The number of amides is 1. The fourth-order valence-corrected chi connectivity index (χ4v) is 1.66. The van der Waals surface area contributed by atoms with Crippen LogP contribution in [0.5, 0.6) is 5.75 Å². The van der Waals surface area contributed by atoms with E-state index in [0.29, 0.717) is 11.3 Å². The van der Waals surface area contributed by atoms with Crippen LogP contribution in [0.2, 0.25) is 0 Å². The van der Waals surface area contributed by atoms with Crippen LogP contribution >= 0.6 is 0 Å². The van der Waals surface area contributed by atoms with Crippen molar-refractivity contribution in [2.24, 2.45) is 0 Å². The van der Waals surface area contributed by atoms with Gasteiger partial charge in [0, 0.05) is 11.6 Å². The smallest absolute Gasteiger partial charge is 0.407 e. The number of nitrogens with one attached hydrogen (secondary N) is 1. The Bertz CT molecular complexity index is 628. The first-order valence-corrected chi connectivity index (χ1v) is 7.71. The number of esters is 1. The molecule has 0 heterocycles. The summed E-state index contributed by atoms with van der Waals surface area (Å²) in [6, 6.07) is 6.51. The van der Waals surface area contributed by atoms with Crippen molar-refractivity contribution in [3.8, 4) is 5.75 Å². The van der Waals surface area contributed by atoms with Gasteiger partial charge in [0.15, 0.2) is 5.78 Å². The number of rotatable bonds is 7. The average molecular weight is 349 g/mol. The van der Waals surface area contributed by atoms with Gasteiger partial charge in [-0.3, -0.25) is 4.79 Å². The topological polar surface area (TPSA) is 90.9 Å². The second kappa shape index (κ2) is 9.46. The van der Waals surface area contributed by atoms with E-state index in [1.54, 1.807) is 45.0 Å². The third-order valence-electron chi connectivity index (χ3n) is 2.76. The van der Waals surface area contributed by atoms with Crippen molar-refractivity contribution in [3.05, 3.63) is 42.0 Å². The lowest BCUT2D eigenvalue weighted by molar-refractivity contribution is -0.137. The molecule has 0 fully saturated rings. The van der Waals surface area contributed by atoms with Gasteiger partial charge in [-0.2, -0.15) is 0 Å². The van der Waals surface area contributed by atoms with Crippen molar-refractivity contribution in [2.45, 2.75) is 26.4 Å². The van der Waals surface area contributed by atoms with Gasteiger partial charge in [0.2, 0.25) is 0 Å². The fraction of sp³-hybridized carbons (Fsp3) is 0.389. The summed E-state index contributed by atoms with van der Waals surface area (Å²) in [6.07, 6.45) is 1.58. The summed E-state index contributed by atoms with van der Waals surface area (Å²) in [5.41, 5.74) is -0.165. The van der Waals surface area contributed by atoms with E-state index in [1.165, 1.54) is 7.11 Å². The van der Waals surface area contributed by atoms with Crippen molar-refractivity contribution in [1.29, 1.82) is 0 Å². The van der Waals surface area contributed by atoms with Crippen LogP contribution in [0.3, 0.4) is 0 Å². The lowest BCUT2D eigenvalue weighted by Gasteiger charge is -2.19. The standard InChI is InChI=1S/C18H23NO6/c1-18(2,3)25-17(22)19-11-12-24-16(21)10-9-15(20)13-5-7-14(23-4)8-6-13/h5-10H,11-12H2,1-4H3,(H,19,22)/b10-9+. The summed E-state index contributed by atoms with van der Waals surface area (Å²) in [4.78, 5) is 34.8. The van der Waals surface area contributed by atoms with E-state index in [0.717, 1.165) is 12.2 Å². The van der Waals surface area contributed by atoms with E-state index in [2.05, 4.69) is 5.32 Å². The number of alkyl carbamates (subject to hydrolysis) is 1. The van der Waals surface area contributed by atoms with E-state index in [9.17, 15) is 14.4 Å². The van der Waals surface area contributed by atoms with Crippen LogP contribution in [0.25, 0.3) is 0 Å². The zero-order valence-corrected chi connectivity index (χ0v) is 14.8. The molecule has 1 rings (SSSR count). The molecule has 25 heavy (non-hydrogen) atoms. The molecule has 1 aromatic rings. The minimum absolute atomic E-state index is 0.0286. The third kappa shape index (κ3) is 8.55. The van der Waals surface area contributed by atoms with Crippen LogP contribution in [0, 0.1) is 0 Å². The number of hydrogen-bond acceptors (Lipinski definition) is 6. The molecule has 0 spiro atoms. The largest absolute Gasteiger partial charge is 0.497 e. The monoisotopic (exact) mass is 349 g/mol. The third-order valence-corrected chi connectivity index (χ3v) is 2.76. The highest BCUT2D eigenvalue weighted by atomic mass is 16.6. The molecule has 1 aromatic carbocycles. The first kappa shape index (κ1) is 20.2. The van der Waals surface area contributed by atoms with E-state index in [-0.39, 0.29) is 18.9 Å². The molecular formula is C18H23NO6. The van der Waals surface area contributed by atoms with Gasteiger partial charge >= 0.3 is 12.1 Å². The molecule has 0 radical (unpaired) electrons. The quantitative estimate of drug-likeness (QED) is 0.352. The Morgan fingerprint density at radius 1 is 1.08 bits per heavy atom. The zero-order valence-electron chi connectivity index (χ0n) is 14.8. The van der Waals surface area contributed by atoms with Gasteiger partial charge in [-0.1, -0.05) is 0 Å². The Morgan fingerprint density at radius 2 is 1.72 bits per heavy atom. The molecule has 7 nitrogen and oxygen atoms in total. The van der Waals surface area contributed by atoms with E-state index >= 15 is 0 Å². The molecule has 0 aliphatic rings. The SMILES string of the molecule is COc1ccc(C(=O)/C=C/C(=O)OCCNC(=O)OC(C)(C)C)cc1. The highest BCUT2D eigenvalue weighted by Crippen LogP contribution is 2.12. The average Bonchev–Trinajstić information content (AvgIpc) is 2.55. The fourth-order valence-electron chi connectivity index (χ4n) is 1.66. The minimum Gasteiger partial charge on any atom is -0.497 e. The van der Waals surface area contributed by atoms with Crippen LogP contribution in [0.1, 0.15) is 31.1 Å². The van der Waals surface area contributed by atoms with Gasteiger partial charge in [0.25, 0.3) is 0 Å². The number of ketones is 1. The van der Waals surface area contributed by atoms with Crippen molar-refractivity contribution in [1.82, 2.24) is 5.32 Å². The van der Waals surface area contributed by atoms with Gasteiger partial charge in [0.1, 0.15) is 18.0 Å². The molecule has 0 atom stereocenters. The Labute approximate surface area is 146 Å². The maximum atomic E-state index is 11.9. The Balaban J connectivity index is 2.32. The molecule has 0 bridgehead atoms. The van der Waals surface area contributed by atoms with Crippen LogP contribution in [-0.2, 0) is 14.3 Å². The molecule has 0 saturated heterocycles. The van der Waals surface area contributed by atoms with Crippen LogP contribution in [-0.4, -0.2) is 43.7 Å². The van der Waals surface area contributed by atoms with Crippen molar-refractivity contribution in [3.63, 3.8) is 0 Å². The molecule has 0 saturated carbocycles. The Morgan fingerprint density at radius 3 is 2.28 bits per heavy atom. The predicted octanol–water partition coefficient (Wildman–Crippen LogP) is 2.50. The first-order chi connectivity index (χ1) is 11.7.